The second kappa shape index (κ2) is 8.45. The van der Waals surface area contributed by atoms with E-state index in [2.05, 4.69) is 0 Å². The van der Waals surface area contributed by atoms with E-state index < -0.39 is 48.5 Å². The number of aliphatic hydroxyl groups is 4. The molecule has 5 atom stereocenters. The molecule has 0 spiro atoms. The molecule has 3 aromatic rings. The predicted octanol–water partition coefficient (Wildman–Crippen LogP) is -0.152. The van der Waals surface area contributed by atoms with Gasteiger partial charge >= 0.3 is 0 Å². The Balaban J connectivity index is 1.88. The van der Waals surface area contributed by atoms with Gasteiger partial charge in [-0.1, -0.05) is 6.07 Å². The van der Waals surface area contributed by atoms with Crippen LogP contribution in [0.1, 0.15) is 0 Å². The first kappa shape index (κ1) is 22.1. The van der Waals surface area contributed by atoms with Gasteiger partial charge in [0.25, 0.3) is 0 Å². The van der Waals surface area contributed by atoms with Crippen LogP contribution in [0.25, 0.3) is 21.9 Å². The minimum absolute atomic E-state index is 0.0975. The maximum absolute atomic E-state index is 13.0. The molecule has 4 rings (SSSR count). The van der Waals surface area contributed by atoms with Gasteiger partial charge < -0.3 is 48.9 Å². The summed E-state index contributed by atoms with van der Waals surface area (Å²) in [6.45, 7) is -0.647. The van der Waals surface area contributed by atoms with Crippen LogP contribution >= 0.6 is 0 Å². The van der Waals surface area contributed by atoms with Crippen LogP contribution in [0.2, 0.25) is 0 Å². The van der Waals surface area contributed by atoms with Crippen molar-refractivity contribution in [1.82, 2.24) is 0 Å². The molecule has 1 aromatic heterocycles. The Hall–Kier alpha value is -3.09. The quantitative estimate of drug-likeness (QED) is 0.328. The van der Waals surface area contributed by atoms with Gasteiger partial charge in [0, 0.05) is 6.07 Å². The molecule has 1 fully saturated rings. The number of fused-ring (bicyclic) bond motifs is 2. The monoisotopic (exact) mass is 450 g/mol. The van der Waals surface area contributed by atoms with Gasteiger partial charge in [0.1, 0.15) is 35.6 Å². The summed E-state index contributed by atoms with van der Waals surface area (Å²) >= 11 is 0. The van der Waals surface area contributed by atoms with Crippen molar-refractivity contribution < 1.29 is 48.9 Å². The summed E-state index contributed by atoms with van der Waals surface area (Å²) in [6, 6.07) is 5.80. The summed E-state index contributed by atoms with van der Waals surface area (Å²) in [5.41, 5.74) is -0.556. The van der Waals surface area contributed by atoms with E-state index in [-0.39, 0.29) is 39.2 Å². The Kier molecular flexibility index (Phi) is 5.84. The number of methoxy groups -OCH3 is 2. The van der Waals surface area contributed by atoms with Crippen molar-refractivity contribution in [3.63, 3.8) is 0 Å². The van der Waals surface area contributed by atoms with Gasteiger partial charge in [-0.05, 0) is 12.1 Å². The average Bonchev–Trinajstić information content (AvgIpc) is 2.79. The largest absolute Gasteiger partial charge is 0.507 e. The maximum Gasteiger partial charge on any atom is 0.229 e. The number of aromatic hydroxyl groups is 1. The predicted molar refractivity (Wildman–Crippen MR) is 109 cm³/mol. The Morgan fingerprint density at radius 1 is 1.00 bits per heavy atom. The molecule has 0 aliphatic carbocycles. The summed E-state index contributed by atoms with van der Waals surface area (Å²) in [5.74, 6) is -0.485. The summed E-state index contributed by atoms with van der Waals surface area (Å²) in [6.07, 6.45) is -7.68. The van der Waals surface area contributed by atoms with Crippen molar-refractivity contribution in [1.29, 1.82) is 0 Å². The lowest BCUT2D eigenvalue weighted by molar-refractivity contribution is -0.277. The highest BCUT2D eigenvalue weighted by Gasteiger charge is 2.45. The number of aliphatic hydroxyl groups excluding tert-OH is 4. The molecule has 11 heteroatoms. The van der Waals surface area contributed by atoms with Gasteiger partial charge in [-0.2, -0.15) is 0 Å². The molecule has 0 amide bonds. The fraction of sp³-hybridized carbons (Fsp3) is 0.381. The van der Waals surface area contributed by atoms with Crippen LogP contribution in [-0.2, 0) is 4.74 Å². The fourth-order valence-corrected chi connectivity index (χ4v) is 3.69. The SMILES string of the molecule is COc1cccc2c(=O)c3c(O)cc(O[C@H]4O[C@H](CO)[C@@H](O)[C@H](O)[C@H]4O)c(OC)c3oc12. The zero-order valence-corrected chi connectivity index (χ0v) is 17.1. The van der Waals surface area contributed by atoms with E-state index in [1.54, 1.807) is 12.1 Å². The summed E-state index contributed by atoms with van der Waals surface area (Å²) in [5, 5.41) is 50.1. The third kappa shape index (κ3) is 3.40. The van der Waals surface area contributed by atoms with Crippen LogP contribution in [0.4, 0.5) is 0 Å². The molecule has 11 nitrogen and oxygen atoms in total. The van der Waals surface area contributed by atoms with Crippen LogP contribution in [0, 0.1) is 0 Å². The Morgan fingerprint density at radius 3 is 2.41 bits per heavy atom. The third-order valence-electron chi connectivity index (χ3n) is 5.35. The van der Waals surface area contributed by atoms with Gasteiger partial charge in [0.2, 0.25) is 17.5 Å². The van der Waals surface area contributed by atoms with Gasteiger partial charge in [0.05, 0.1) is 26.2 Å². The van der Waals surface area contributed by atoms with E-state index in [4.69, 9.17) is 23.4 Å². The normalized spacial score (nSPS) is 25.8. The topological polar surface area (TPSA) is 168 Å². The molecule has 1 aliphatic heterocycles. The van der Waals surface area contributed by atoms with E-state index in [9.17, 15) is 30.3 Å². The highest BCUT2D eigenvalue weighted by atomic mass is 16.7. The molecule has 5 N–H and O–H groups in total. The fourth-order valence-electron chi connectivity index (χ4n) is 3.69. The number of hydrogen-bond acceptors (Lipinski definition) is 11. The first-order valence-electron chi connectivity index (χ1n) is 9.63. The van der Waals surface area contributed by atoms with Crippen LogP contribution in [0.3, 0.4) is 0 Å². The molecular weight excluding hydrogens is 428 g/mol. The van der Waals surface area contributed by atoms with Crippen molar-refractivity contribution >= 4 is 21.9 Å². The number of phenolic OH excluding ortho intramolecular Hbond substituents is 1. The lowest BCUT2D eigenvalue weighted by atomic mass is 9.99. The van der Waals surface area contributed by atoms with Gasteiger partial charge in [0.15, 0.2) is 22.7 Å². The third-order valence-corrected chi connectivity index (χ3v) is 5.35. The number of para-hydroxylation sites is 1. The van der Waals surface area contributed by atoms with Crippen LogP contribution in [0.5, 0.6) is 23.0 Å². The molecule has 2 heterocycles. The van der Waals surface area contributed by atoms with E-state index in [1.165, 1.54) is 20.3 Å². The van der Waals surface area contributed by atoms with E-state index in [0.717, 1.165) is 6.07 Å². The smallest absolute Gasteiger partial charge is 0.229 e. The van der Waals surface area contributed by atoms with E-state index >= 15 is 0 Å². The molecule has 0 bridgehead atoms. The van der Waals surface area contributed by atoms with Crippen LogP contribution in [0.15, 0.2) is 33.5 Å². The van der Waals surface area contributed by atoms with Gasteiger partial charge in [-0.15, -0.1) is 0 Å². The summed E-state index contributed by atoms with van der Waals surface area (Å²) in [7, 11) is 2.69. The number of rotatable bonds is 5. The standard InChI is InChI=1S/C21H22O11/c1-28-10-5-3-4-8-14(24)13-9(23)6-11(19(29-2)20(13)32-18(8)10)30-21-17(27)16(26)15(25)12(7-22)31-21/h3-6,12,15-17,21-23,25-27H,7H2,1-2H3/t12-,15-,16+,17-,21+/m1/s1. The second-order valence-electron chi connectivity index (χ2n) is 7.21. The molecule has 2 aromatic carbocycles. The second-order valence-corrected chi connectivity index (χ2v) is 7.21. The molecule has 32 heavy (non-hydrogen) atoms. The summed E-state index contributed by atoms with van der Waals surface area (Å²) < 4.78 is 27.4. The van der Waals surface area contributed by atoms with E-state index in [0.29, 0.717) is 0 Å². The van der Waals surface area contributed by atoms with Crippen molar-refractivity contribution in [2.75, 3.05) is 20.8 Å². The van der Waals surface area contributed by atoms with Crippen molar-refractivity contribution in [3.8, 4) is 23.0 Å². The molecule has 1 aliphatic rings. The molecule has 1 saturated heterocycles. The zero-order valence-electron chi connectivity index (χ0n) is 17.1. The van der Waals surface area contributed by atoms with Gasteiger partial charge in [-0.25, -0.2) is 0 Å². The minimum atomic E-state index is -1.70. The molecule has 0 unspecified atom stereocenters. The zero-order chi connectivity index (χ0) is 23.2. The average molecular weight is 450 g/mol. The first-order valence-corrected chi connectivity index (χ1v) is 9.63. The molecule has 0 radical (unpaired) electrons. The minimum Gasteiger partial charge on any atom is -0.507 e. The van der Waals surface area contributed by atoms with Crippen LogP contribution in [-0.4, -0.2) is 77.1 Å². The maximum atomic E-state index is 13.0. The number of phenols is 1. The first-order chi connectivity index (χ1) is 15.3. The van der Waals surface area contributed by atoms with Crippen molar-refractivity contribution in [3.05, 3.63) is 34.5 Å². The Bertz CT molecular complexity index is 1200. The van der Waals surface area contributed by atoms with Crippen LogP contribution < -0.4 is 19.6 Å². The Morgan fingerprint density at radius 2 is 1.75 bits per heavy atom. The van der Waals surface area contributed by atoms with E-state index in [1.807, 2.05) is 0 Å². The highest BCUT2D eigenvalue weighted by Crippen LogP contribution is 2.43. The lowest BCUT2D eigenvalue weighted by Crippen LogP contribution is -2.60. The molecule has 172 valence electrons. The lowest BCUT2D eigenvalue weighted by Gasteiger charge is -2.39. The van der Waals surface area contributed by atoms with Gasteiger partial charge in [-0.3, -0.25) is 4.79 Å². The summed E-state index contributed by atoms with van der Waals surface area (Å²) in [4.78, 5) is 13.0. The number of benzene rings is 2. The van der Waals surface area contributed by atoms with Crippen molar-refractivity contribution in [2.45, 2.75) is 30.7 Å². The highest BCUT2D eigenvalue weighted by molar-refractivity contribution is 5.98. The Labute approximate surface area is 180 Å². The number of ether oxygens (including phenoxy) is 4. The number of hydrogen-bond donors (Lipinski definition) is 5. The molecular formula is C21H22O11. The van der Waals surface area contributed by atoms with Crippen molar-refractivity contribution in [2.24, 2.45) is 0 Å². The molecule has 0 saturated carbocycles.